The summed E-state index contributed by atoms with van der Waals surface area (Å²) < 4.78 is 5.56. The topological polar surface area (TPSA) is 108 Å². The number of likely N-dealkylation sites (tertiary alicyclic amines) is 1. The van der Waals surface area contributed by atoms with Gasteiger partial charge in [0.05, 0.1) is 12.0 Å². The van der Waals surface area contributed by atoms with E-state index in [4.69, 9.17) is 4.42 Å². The number of rotatable bonds is 3. The highest BCUT2D eigenvalue weighted by Crippen LogP contribution is 2.26. The van der Waals surface area contributed by atoms with Crippen LogP contribution in [0.4, 0.5) is 0 Å². The molecule has 0 spiro atoms. The Morgan fingerprint density at radius 1 is 1.35 bits per heavy atom. The van der Waals surface area contributed by atoms with Gasteiger partial charge in [-0.1, -0.05) is 0 Å². The van der Waals surface area contributed by atoms with Crippen molar-refractivity contribution < 1.29 is 9.21 Å². The average molecular weight is 353 g/mol. The van der Waals surface area contributed by atoms with E-state index in [1.54, 1.807) is 11.0 Å². The number of aryl methyl sites for hydroxylation is 1. The zero-order chi connectivity index (χ0) is 18.1. The number of furan rings is 1. The van der Waals surface area contributed by atoms with Crippen molar-refractivity contribution in [2.24, 2.45) is 0 Å². The van der Waals surface area contributed by atoms with Crippen LogP contribution in [0.25, 0.3) is 11.5 Å². The lowest BCUT2D eigenvalue weighted by Gasteiger charge is -2.31. The van der Waals surface area contributed by atoms with Crippen LogP contribution in [0.1, 0.15) is 40.7 Å². The molecule has 3 aromatic heterocycles. The Kier molecular flexibility index (Phi) is 4.16. The quantitative estimate of drug-likeness (QED) is 0.749. The van der Waals surface area contributed by atoms with Gasteiger partial charge in [0, 0.05) is 31.1 Å². The van der Waals surface area contributed by atoms with Crippen molar-refractivity contribution in [1.29, 1.82) is 0 Å². The number of nitrogens with one attached hydrogen (secondary N) is 2. The van der Waals surface area contributed by atoms with Crippen LogP contribution >= 0.6 is 0 Å². The summed E-state index contributed by atoms with van der Waals surface area (Å²) in [5.41, 5.74) is 1.57. The fourth-order valence-electron chi connectivity index (χ4n) is 3.31. The summed E-state index contributed by atoms with van der Waals surface area (Å²) in [4.78, 5) is 32.9. The summed E-state index contributed by atoms with van der Waals surface area (Å²) >= 11 is 0. The van der Waals surface area contributed by atoms with Gasteiger partial charge < -0.3 is 14.3 Å². The van der Waals surface area contributed by atoms with Crippen molar-refractivity contribution in [2.75, 3.05) is 13.1 Å². The van der Waals surface area contributed by atoms with E-state index in [2.05, 4.69) is 20.2 Å². The van der Waals surface area contributed by atoms with Crippen molar-refractivity contribution in [3.05, 3.63) is 58.1 Å². The fourth-order valence-corrected chi connectivity index (χ4v) is 3.31. The molecule has 134 valence electrons. The highest BCUT2D eigenvalue weighted by atomic mass is 16.3. The second-order valence-corrected chi connectivity index (χ2v) is 6.50. The van der Waals surface area contributed by atoms with Crippen LogP contribution < -0.4 is 5.56 Å². The number of nitrogens with zero attached hydrogens (tertiary/aromatic N) is 3. The van der Waals surface area contributed by atoms with E-state index in [1.807, 2.05) is 19.1 Å². The molecule has 8 nitrogen and oxygen atoms in total. The lowest BCUT2D eigenvalue weighted by atomic mass is 9.94. The smallest absolute Gasteiger partial charge is 0.274 e. The maximum Gasteiger partial charge on any atom is 0.274 e. The van der Waals surface area contributed by atoms with Crippen LogP contribution in [-0.4, -0.2) is 44.1 Å². The van der Waals surface area contributed by atoms with Gasteiger partial charge in [-0.15, -0.1) is 0 Å². The zero-order valence-corrected chi connectivity index (χ0v) is 14.4. The van der Waals surface area contributed by atoms with E-state index < -0.39 is 0 Å². The molecule has 3 aromatic rings. The molecular weight excluding hydrogens is 334 g/mol. The molecule has 1 fully saturated rings. The van der Waals surface area contributed by atoms with Crippen molar-refractivity contribution in [3.63, 3.8) is 0 Å². The summed E-state index contributed by atoms with van der Waals surface area (Å²) in [6.45, 7) is 3.06. The van der Waals surface area contributed by atoms with Crippen molar-refractivity contribution in [3.8, 4) is 11.5 Å². The third kappa shape index (κ3) is 3.17. The van der Waals surface area contributed by atoms with Gasteiger partial charge in [-0.2, -0.15) is 5.10 Å². The number of amides is 1. The van der Waals surface area contributed by atoms with Gasteiger partial charge in [-0.25, -0.2) is 4.98 Å². The highest BCUT2D eigenvalue weighted by Gasteiger charge is 2.28. The molecule has 2 N–H and O–H groups in total. The first-order valence-electron chi connectivity index (χ1n) is 8.56. The van der Waals surface area contributed by atoms with Gasteiger partial charge in [-0.3, -0.25) is 14.7 Å². The summed E-state index contributed by atoms with van der Waals surface area (Å²) in [5, 5.41) is 7.00. The van der Waals surface area contributed by atoms with Gasteiger partial charge in [0.1, 0.15) is 11.5 Å². The molecule has 1 unspecified atom stereocenters. The fraction of sp³-hybridized carbons (Fsp3) is 0.333. The van der Waals surface area contributed by atoms with Gasteiger partial charge in [0.15, 0.2) is 11.5 Å². The predicted octanol–water partition coefficient (Wildman–Crippen LogP) is 2.08. The highest BCUT2D eigenvalue weighted by molar-refractivity contribution is 5.93. The molecule has 1 saturated heterocycles. The molecule has 4 heterocycles. The van der Waals surface area contributed by atoms with Crippen molar-refractivity contribution >= 4 is 5.91 Å². The van der Waals surface area contributed by atoms with E-state index in [9.17, 15) is 9.59 Å². The molecule has 0 radical (unpaired) electrons. The molecule has 0 saturated carbocycles. The predicted molar refractivity (Wildman–Crippen MR) is 93.8 cm³/mol. The lowest BCUT2D eigenvalue weighted by Crippen LogP contribution is -2.39. The largest absolute Gasteiger partial charge is 0.460 e. The van der Waals surface area contributed by atoms with E-state index >= 15 is 0 Å². The van der Waals surface area contributed by atoms with Gasteiger partial charge in [0.25, 0.3) is 11.5 Å². The first kappa shape index (κ1) is 16.3. The molecule has 0 aliphatic carbocycles. The normalized spacial score (nSPS) is 17.4. The Morgan fingerprint density at radius 2 is 2.23 bits per heavy atom. The number of piperidine rings is 1. The third-order valence-electron chi connectivity index (χ3n) is 4.63. The zero-order valence-electron chi connectivity index (χ0n) is 14.4. The number of aromatic nitrogens is 4. The summed E-state index contributed by atoms with van der Waals surface area (Å²) in [5.74, 6) is 1.37. The first-order chi connectivity index (χ1) is 12.6. The first-order valence-corrected chi connectivity index (χ1v) is 8.56. The van der Waals surface area contributed by atoms with E-state index in [0.29, 0.717) is 30.2 Å². The van der Waals surface area contributed by atoms with Crippen LogP contribution in [0.5, 0.6) is 0 Å². The SMILES string of the molecule is Cc1ccc(-c2cc(C(=O)N3CCCC(c4cc(=O)[nH]cn4)C3)n[nH]2)o1. The second-order valence-electron chi connectivity index (χ2n) is 6.50. The maximum atomic E-state index is 12.8. The number of hydrogen-bond donors (Lipinski definition) is 2. The number of carbonyl (C=O) groups is 1. The van der Waals surface area contributed by atoms with Crippen LogP contribution in [0.15, 0.2) is 39.8 Å². The van der Waals surface area contributed by atoms with Crippen molar-refractivity contribution in [2.45, 2.75) is 25.7 Å². The Balaban J connectivity index is 1.51. The molecule has 4 rings (SSSR count). The van der Waals surface area contributed by atoms with Crippen LogP contribution in [0.2, 0.25) is 0 Å². The Bertz CT molecular complexity index is 986. The molecule has 26 heavy (non-hydrogen) atoms. The second kappa shape index (κ2) is 6.62. The van der Waals surface area contributed by atoms with E-state index in [0.717, 1.165) is 24.3 Å². The molecule has 1 aliphatic heterocycles. The maximum absolute atomic E-state index is 12.8. The number of aromatic amines is 2. The Morgan fingerprint density at radius 3 is 3.00 bits per heavy atom. The average Bonchev–Trinajstić information content (AvgIpc) is 3.30. The minimum atomic E-state index is -0.177. The summed E-state index contributed by atoms with van der Waals surface area (Å²) in [6, 6.07) is 6.91. The minimum absolute atomic E-state index is 0.0566. The monoisotopic (exact) mass is 353 g/mol. The molecule has 0 bridgehead atoms. The van der Waals surface area contributed by atoms with E-state index in [1.165, 1.54) is 12.4 Å². The Labute approximate surface area is 149 Å². The molecule has 1 amide bonds. The van der Waals surface area contributed by atoms with Crippen LogP contribution in [-0.2, 0) is 0 Å². The number of hydrogen-bond acceptors (Lipinski definition) is 5. The van der Waals surface area contributed by atoms with Gasteiger partial charge >= 0.3 is 0 Å². The van der Waals surface area contributed by atoms with Crippen molar-refractivity contribution in [1.82, 2.24) is 25.1 Å². The lowest BCUT2D eigenvalue weighted by molar-refractivity contribution is 0.0700. The molecular formula is C18H19N5O3. The standard InChI is InChI=1S/C18H19N5O3/c1-11-4-5-16(26-11)14-7-15(22-21-14)18(25)23-6-2-3-12(9-23)13-8-17(24)20-10-19-13/h4-5,7-8,10,12H,2-3,6,9H2,1H3,(H,21,22)(H,19,20,24). The molecule has 1 atom stereocenters. The van der Waals surface area contributed by atoms with E-state index in [-0.39, 0.29) is 17.4 Å². The molecule has 0 aromatic carbocycles. The van der Waals surface area contributed by atoms with Crippen LogP contribution in [0.3, 0.4) is 0 Å². The summed E-state index contributed by atoms with van der Waals surface area (Å²) in [7, 11) is 0. The van der Waals surface area contributed by atoms with Gasteiger partial charge in [-0.05, 0) is 31.9 Å². The van der Waals surface area contributed by atoms with Gasteiger partial charge in [0.2, 0.25) is 0 Å². The number of H-pyrrole nitrogens is 2. The van der Waals surface area contributed by atoms with Crippen LogP contribution in [0, 0.1) is 6.92 Å². The third-order valence-corrected chi connectivity index (χ3v) is 4.63. The Hall–Kier alpha value is -3.16. The molecule has 8 heteroatoms. The number of carbonyl (C=O) groups excluding carboxylic acids is 1. The summed E-state index contributed by atoms with van der Waals surface area (Å²) in [6.07, 6.45) is 3.17. The molecule has 1 aliphatic rings. The minimum Gasteiger partial charge on any atom is -0.460 e.